The van der Waals surface area contributed by atoms with E-state index in [1.54, 1.807) is 12.4 Å². The molecule has 0 amide bonds. The van der Waals surface area contributed by atoms with E-state index in [1.165, 1.54) is 11.6 Å². The molecule has 29 heavy (non-hydrogen) atoms. The molecule has 1 atom stereocenters. The Morgan fingerprint density at radius 3 is 3.10 bits per heavy atom. The first-order chi connectivity index (χ1) is 14.2. The Morgan fingerprint density at radius 2 is 2.24 bits per heavy atom. The van der Waals surface area contributed by atoms with E-state index in [4.69, 9.17) is 10.5 Å². The van der Waals surface area contributed by atoms with Crippen LogP contribution in [-0.4, -0.2) is 32.2 Å². The number of hydrogen-bond donors (Lipinski definition) is 2. The smallest absolute Gasteiger partial charge is 0.203 e. The Labute approximate surface area is 167 Å². The van der Waals surface area contributed by atoms with Gasteiger partial charge in [-0.25, -0.2) is 9.37 Å². The Morgan fingerprint density at radius 1 is 1.31 bits per heavy atom. The Hall–Kier alpha value is -3.00. The van der Waals surface area contributed by atoms with Crippen molar-refractivity contribution >= 4 is 17.0 Å². The molecule has 3 heterocycles. The van der Waals surface area contributed by atoms with E-state index in [-0.39, 0.29) is 11.9 Å². The van der Waals surface area contributed by atoms with Crippen LogP contribution in [0.2, 0.25) is 0 Å². The fraction of sp³-hybridized carbons (Fsp3) is 0.381. The van der Waals surface area contributed by atoms with Crippen LogP contribution in [0.15, 0.2) is 30.7 Å². The highest BCUT2D eigenvalue weighted by Crippen LogP contribution is 2.31. The standard InChI is InChI=1S/C21H23FN6O/c22-17-7-8-19-15(2-1-9-29-19)16(17)10-24-20-21-27-26-12-28(21)18(11-25-20)13-3-5-14(23)6-4-13/h3,7-8,11-12,14H,1-2,4-6,9-10,23H2,(H,24,25). The molecule has 2 aliphatic rings. The van der Waals surface area contributed by atoms with Crippen molar-refractivity contribution in [3.05, 3.63) is 53.4 Å². The number of nitrogens with two attached hydrogens (primary N) is 1. The molecular weight excluding hydrogens is 371 g/mol. The summed E-state index contributed by atoms with van der Waals surface area (Å²) in [7, 11) is 0. The third kappa shape index (κ3) is 3.33. The zero-order chi connectivity index (χ0) is 19.8. The quantitative estimate of drug-likeness (QED) is 0.707. The molecule has 0 spiro atoms. The molecule has 5 rings (SSSR count). The molecule has 2 aromatic heterocycles. The van der Waals surface area contributed by atoms with Crippen molar-refractivity contribution in [2.24, 2.45) is 5.73 Å². The minimum absolute atomic E-state index is 0.222. The number of halogens is 1. The lowest BCUT2D eigenvalue weighted by Gasteiger charge is -2.21. The molecule has 0 bridgehead atoms. The van der Waals surface area contributed by atoms with Crippen LogP contribution in [0.25, 0.3) is 11.2 Å². The number of anilines is 1. The number of aromatic nitrogens is 4. The molecule has 150 valence electrons. The van der Waals surface area contributed by atoms with E-state index in [9.17, 15) is 4.39 Å². The molecule has 1 aromatic carbocycles. The molecule has 0 radical (unpaired) electrons. The number of benzene rings is 1. The van der Waals surface area contributed by atoms with Crippen molar-refractivity contribution in [2.75, 3.05) is 11.9 Å². The summed E-state index contributed by atoms with van der Waals surface area (Å²) in [6, 6.07) is 3.39. The van der Waals surface area contributed by atoms with Crippen molar-refractivity contribution in [3.63, 3.8) is 0 Å². The van der Waals surface area contributed by atoms with Gasteiger partial charge in [0, 0.05) is 23.7 Å². The minimum Gasteiger partial charge on any atom is -0.493 e. The molecule has 3 N–H and O–H groups in total. The van der Waals surface area contributed by atoms with Crippen molar-refractivity contribution in [1.29, 1.82) is 0 Å². The molecule has 0 saturated heterocycles. The van der Waals surface area contributed by atoms with Crippen LogP contribution in [-0.2, 0) is 13.0 Å². The lowest BCUT2D eigenvalue weighted by atomic mass is 9.94. The Kier molecular flexibility index (Phi) is 4.63. The number of nitrogens with one attached hydrogen (secondary N) is 1. The maximum atomic E-state index is 14.5. The molecule has 1 unspecified atom stereocenters. The highest BCUT2D eigenvalue weighted by Gasteiger charge is 2.20. The number of ether oxygens (including phenoxy) is 1. The van der Waals surface area contributed by atoms with Gasteiger partial charge in [0.25, 0.3) is 0 Å². The summed E-state index contributed by atoms with van der Waals surface area (Å²) >= 11 is 0. The molecule has 8 heteroatoms. The molecule has 3 aromatic rings. The number of fused-ring (bicyclic) bond motifs is 2. The average Bonchev–Trinajstić information content (AvgIpc) is 3.24. The van der Waals surface area contributed by atoms with Crippen molar-refractivity contribution in [1.82, 2.24) is 19.6 Å². The summed E-state index contributed by atoms with van der Waals surface area (Å²) in [5.74, 6) is 1.11. The number of hydrogen-bond acceptors (Lipinski definition) is 6. The zero-order valence-electron chi connectivity index (χ0n) is 16.1. The van der Waals surface area contributed by atoms with Crippen LogP contribution in [0, 0.1) is 5.82 Å². The van der Waals surface area contributed by atoms with Crippen LogP contribution in [0.3, 0.4) is 0 Å². The SMILES string of the molecule is NC1CC=C(c2cnc(NCc3c(F)ccc4c3CCCO4)c3nncn23)CC1. The van der Waals surface area contributed by atoms with Crippen LogP contribution >= 0.6 is 0 Å². The van der Waals surface area contributed by atoms with Crippen molar-refractivity contribution in [2.45, 2.75) is 44.7 Å². The highest BCUT2D eigenvalue weighted by molar-refractivity contribution is 5.70. The number of rotatable bonds is 4. The second-order valence-corrected chi connectivity index (χ2v) is 7.59. The third-order valence-corrected chi connectivity index (χ3v) is 5.71. The lowest BCUT2D eigenvalue weighted by molar-refractivity contribution is 0.286. The monoisotopic (exact) mass is 394 g/mol. The predicted octanol–water partition coefficient (Wildman–Crippen LogP) is 3.10. The summed E-state index contributed by atoms with van der Waals surface area (Å²) in [5, 5.41) is 11.5. The summed E-state index contributed by atoms with van der Waals surface area (Å²) in [4.78, 5) is 4.57. The van der Waals surface area contributed by atoms with Gasteiger partial charge in [0.2, 0.25) is 5.65 Å². The average molecular weight is 394 g/mol. The van der Waals surface area contributed by atoms with Gasteiger partial charge >= 0.3 is 0 Å². The molecule has 0 fully saturated rings. The van der Waals surface area contributed by atoms with Crippen LogP contribution in [0.5, 0.6) is 5.75 Å². The number of allylic oxidation sites excluding steroid dienone is 1. The largest absolute Gasteiger partial charge is 0.493 e. The second kappa shape index (κ2) is 7.44. The van der Waals surface area contributed by atoms with E-state index in [0.717, 1.165) is 49.1 Å². The summed E-state index contributed by atoms with van der Waals surface area (Å²) < 4.78 is 22.1. The number of nitrogens with zero attached hydrogens (tertiary/aromatic N) is 4. The van der Waals surface area contributed by atoms with Crippen LogP contribution in [0.1, 0.15) is 42.5 Å². The highest BCUT2D eigenvalue weighted by atomic mass is 19.1. The molecule has 1 aliphatic heterocycles. The van der Waals surface area contributed by atoms with Crippen LogP contribution < -0.4 is 15.8 Å². The van der Waals surface area contributed by atoms with Gasteiger partial charge in [0.15, 0.2) is 5.82 Å². The van der Waals surface area contributed by atoms with Gasteiger partial charge in [-0.2, -0.15) is 0 Å². The van der Waals surface area contributed by atoms with E-state index in [2.05, 4.69) is 26.6 Å². The molecule has 7 nitrogen and oxygen atoms in total. The fourth-order valence-corrected chi connectivity index (χ4v) is 4.11. The van der Waals surface area contributed by atoms with Gasteiger partial charge in [-0.15, -0.1) is 10.2 Å². The summed E-state index contributed by atoms with van der Waals surface area (Å²) in [6.45, 7) is 0.987. The van der Waals surface area contributed by atoms with Gasteiger partial charge in [-0.3, -0.25) is 4.40 Å². The van der Waals surface area contributed by atoms with Gasteiger partial charge in [-0.05, 0) is 49.8 Å². The van der Waals surface area contributed by atoms with Gasteiger partial charge in [-0.1, -0.05) is 6.08 Å². The second-order valence-electron chi connectivity index (χ2n) is 7.59. The first kappa shape index (κ1) is 18.1. The van der Waals surface area contributed by atoms with Gasteiger partial charge in [0.1, 0.15) is 17.9 Å². The van der Waals surface area contributed by atoms with E-state index in [1.807, 2.05) is 10.6 Å². The van der Waals surface area contributed by atoms with Crippen molar-refractivity contribution < 1.29 is 9.13 Å². The lowest BCUT2D eigenvalue weighted by Crippen LogP contribution is -2.21. The Balaban J connectivity index is 1.44. The normalized spacial score (nSPS) is 18.8. The van der Waals surface area contributed by atoms with Gasteiger partial charge < -0.3 is 15.8 Å². The summed E-state index contributed by atoms with van der Waals surface area (Å²) in [5.41, 5.74) is 10.4. The minimum atomic E-state index is -0.237. The van der Waals surface area contributed by atoms with E-state index < -0.39 is 0 Å². The van der Waals surface area contributed by atoms with Crippen LogP contribution in [0.4, 0.5) is 10.2 Å². The maximum absolute atomic E-state index is 14.5. The molecule has 0 saturated carbocycles. The zero-order valence-corrected chi connectivity index (χ0v) is 16.1. The van der Waals surface area contributed by atoms with Crippen molar-refractivity contribution in [3.8, 4) is 5.75 Å². The third-order valence-electron chi connectivity index (χ3n) is 5.71. The summed E-state index contributed by atoms with van der Waals surface area (Å²) in [6.07, 6.45) is 10.1. The Bertz CT molecular complexity index is 1090. The van der Waals surface area contributed by atoms with E-state index in [0.29, 0.717) is 30.2 Å². The maximum Gasteiger partial charge on any atom is 0.203 e. The first-order valence-electron chi connectivity index (χ1n) is 10.0. The topological polar surface area (TPSA) is 90.4 Å². The fourth-order valence-electron chi connectivity index (χ4n) is 4.11. The first-order valence-corrected chi connectivity index (χ1v) is 10.0. The molecule has 1 aliphatic carbocycles. The van der Waals surface area contributed by atoms with Gasteiger partial charge in [0.05, 0.1) is 18.5 Å². The predicted molar refractivity (Wildman–Crippen MR) is 108 cm³/mol. The molecular formula is C21H23FN6O. The van der Waals surface area contributed by atoms with E-state index >= 15 is 0 Å².